The van der Waals surface area contributed by atoms with E-state index in [9.17, 15) is 9.90 Å². The Bertz CT molecular complexity index is 209. The van der Waals surface area contributed by atoms with Gasteiger partial charge in [0.25, 0.3) is 0 Å². The molecule has 0 unspecified atom stereocenters. The molecule has 1 aliphatic carbocycles. The van der Waals surface area contributed by atoms with Crippen molar-refractivity contribution in [2.45, 2.75) is 57.2 Å². The lowest BCUT2D eigenvalue weighted by atomic mass is 9.82. The van der Waals surface area contributed by atoms with Crippen molar-refractivity contribution in [3.8, 4) is 0 Å². The molecule has 0 aromatic heterocycles. The van der Waals surface area contributed by atoms with Crippen LogP contribution in [0, 0.1) is 5.92 Å². The second kappa shape index (κ2) is 4.30. The topological polar surface area (TPSA) is 46.5 Å². The molecule has 1 saturated carbocycles. The number of hydrogen-bond acceptors (Lipinski definition) is 3. The molecule has 1 N–H and O–H groups in total. The lowest BCUT2D eigenvalue weighted by molar-refractivity contribution is -0.165. The summed E-state index contributed by atoms with van der Waals surface area (Å²) in [5.41, 5.74) is 0. The first kappa shape index (κ1) is 9.97. The van der Waals surface area contributed by atoms with Gasteiger partial charge in [0, 0.05) is 6.42 Å². The average molecular weight is 198 g/mol. The molecular weight excluding hydrogens is 180 g/mol. The first-order valence-electron chi connectivity index (χ1n) is 5.63. The van der Waals surface area contributed by atoms with Crippen LogP contribution in [0.15, 0.2) is 0 Å². The summed E-state index contributed by atoms with van der Waals surface area (Å²) in [6.07, 6.45) is 6.47. The van der Waals surface area contributed by atoms with Gasteiger partial charge < -0.3 is 9.84 Å². The highest BCUT2D eigenvalue weighted by Crippen LogP contribution is 2.32. The van der Waals surface area contributed by atoms with Gasteiger partial charge in [-0.05, 0) is 18.8 Å². The largest absolute Gasteiger partial charge is 0.462 e. The predicted octanol–water partition coefficient (Wildman–Crippen LogP) is 1.63. The van der Waals surface area contributed by atoms with Crippen molar-refractivity contribution < 1.29 is 14.6 Å². The maximum absolute atomic E-state index is 11.1. The second-order valence-corrected chi connectivity index (χ2v) is 4.52. The smallest absolute Gasteiger partial charge is 0.308 e. The number of carbonyl (C=O) groups excluding carboxylic acids is 1. The van der Waals surface area contributed by atoms with E-state index < -0.39 is 6.10 Å². The van der Waals surface area contributed by atoms with Gasteiger partial charge in [0.05, 0.1) is 12.5 Å². The first-order chi connectivity index (χ1) is 6.75. The minimum Gasteiger partial charge on any atom is -0.462 e. The molecule has 2 aliphatic rings. The van der Waals surface area contributed by atoms with Gasteiger partial charge in [0.1, 0.15) is 6.10 Å². The van der Waals surface area contributed by atoms with Gasteiger partial charge in [0.2, 0.25) is 0 Å². The normalized spacial score (nSPS) is 35.4. The Kier molecular flexibility index (Phi) is 3.06. The Morgan fingerprint density at radius 1 is 1.21 bits per heavy atom. The molecule has 2 rings (SSSR count). The van der Waals surface area contributed by atoms with Crippen molar-refractivity contribution in [2.75, 3.05) is 0 Å². The van der Waals surface area contributed by atoms with Crippen molar-refractivity contribution in [3.63, 3.8) is 0 Å². The maximum atomic E-state index is 11.1. The Morgan fingerprint density at radius 3 is 2.57 bits per heavy atom. The van der Waals surface area contributed by atoms with Crippen LogP contribution in [-0.2, 0) is 9.53 Å². The average Bonchev–Trinajstić information content (AvgIpc) is 2.18. The zero-order valence-electron chi connectivity index (χ0n) is 8.45. The van der Waals surface area contributed by atoms with Crippen LogP contribution in [0.2, 0.25) is 0 Å². The Balaban J connectivity index is 1.91. The van der Waals surface area contributed by atoms with Crippen molar-refractivity contribution >= 4 is 5.97 Å². The van der Waals surface area contributed by atoms with Crippen LogP contribution in [0.1, 0.15) is 44.9 Å². The minimum absolute atomic E-state index is 0.00782. The summed E-state index contributed by atoms with van der Waals surface area (Å²) in [5, 5.41) is 9.48. The highest BCUT2D eigenvalue weighted by Gasteiger charge is 2.33. The number of rotatable bonds is 1. The molecule has 1 saturated heterocycles. The molecule has 0 bridgehead atoms. The third-order valence-electron chi connectivity index (χ3n) is 3.37. The molecule has 3 heteroatoms. The predicted molar refractivity (Wildman–Crippen MR) is 51.7 cm³/mol. The monoisotopic (exact) mass is 198 g/mol. The summed E-state index contributed by atoms with van der Waals surface area (Å²) < 4.78 is 5.30. The Morgan fingerprint density at radius 2 is 1.93 bits per heavy atom. The summed E-state index contributed by atoms with van der Waals surface area (Å²) in [4.78, 5) is 11.1. The molecule has 14 heavy (non-hydrogen) atoms. The number of esters is 1. The lowest BCUT2D eigenvalue weighted by Crippen LogP contribution is -2.38. The van der Waals surface area contributed by atoms with Crippen molar-refractivity contribution in [3.05, 3.63) is 0 Å². The van der Waals surface area contributed by atoms with Gasteiger partial charge in [0.15, 0.2) is 0 Å². The fourth-order valence-electron chi connectivity index (χ4n) is 2.60. The van der Waals surface area contributed by atoms with Crippen LogP contribution in [0.3, 0.4) is 0 Å². The first-order valence-corrected chi connectivity index (χ1v) is 5.63. The summed E-state index contributed by atoms with van der Waals surface area (Å²) in [5.74, 6) is 0.280. The molecule has 0 aromatic carbocycles. The van der Waals surface area contributed by atoms with Gasteiger partial charge in [-0.1, -0.05) is 19.3 Å². The van der Waals surface area contributed by atoms with Crippen LogP contribution in [0.25, 0.3) is 0 Å². The van der Waals surface area contributed by atoms with Crippen LogP contribution in [0.5, 0.6) is 0 Å². The zero-order valence-corrected chi connectivity index (χ0v) is 8.45. The van der Waals surface area contributed by atoms with Crippen LogP contribution in [0.4, 0.5) is 0 Å². The molecule has 2 fully saturated rings. The van der Waals surface area contributed by atoms with Gasteiger partial charge >= 0.3 is 5.97 Å². The zero-order chi connectivity index (χ0) is 9.97. The molecule has 1 aliphatic heterocycles. The van der Waals surface area contributed by atoms with E-state index in [0.717, 1.165) is 12.8 Å². The number of cyclic esters (lactones) is 1. The number of ether oxygens (including phenoxy) is 1. The highest BCUT2D eigenvalue weighted by molar-refractivity contribution is 5.71. The Labute approximate surface area is 84.4 Å². The molecule has 80 valence electrons. The van der Waals surface area contributed by atoms with E-state index in [0.29, 0.717) is 12.3 Å². The van der Waals surface area contributed by atoms with E-state index in [2.05, 4.69) is 0 Å². The lowest BCUT2D eigenvalue weighted by Gasteiger charge is -2.34. The van der Waals surface area contributed by atoms with E-state index in [-0.39, 0.29) is 18.5 Å². The quantitative estimate of drug-likeness (QED) is 0.651. The van der Waals surface area contributed by atoms with Crippen LogP contribution in [-0.4, -0.2) is 23.3 Å². The third-order valence-corrected chi connectivity index (χ3v) is 3.37. The number of hydrogen-bond donors (Lipinski definition) is 1. The van der Waals surface area contributed by atoms with Crippen LogP contribution >= 0.6 is 0 Å². The van der Waals surface area contributed by atoms with Crippen molar-refractivity contribution in [1.82, 2.24) is 0 Å². The fraction of sp³-hybridized carbons (Fsp3) is 0.909. The van der Waals surface area contributed by atoms with Gasteiger partial charge in [-0.3, -0.25) is 4.79 Å². The number of carbonyl (C=O) groups is 1. The SMILES string of the molecule is O=C1C[C@@H](O)C[C@H](C2CCCCC2)O1. The molecule has 0 radical (unpaired) electrons. The van der Waals surface area contributed by atoms with E-state index in [1.54, 1.807) is 0 Å². The molecule has 0 amide bonds. The summed E-state index contributed by atoms with van der Waals surface area (Å²) in [6.45, 7) is 0. The highest BCUT2D eigenvalue weighted by atomic mass is 16.5. The van der Waals surface area contributed by atoms with E-state index in [1.807, 2.05) is 0 Å². The maximum Gasteiger partial charge on any atom is 0.308 e. The van der Waals surface area contributed by atoms with Gasteiger partial charge in [-0.25, -0.2) is 0 Å². The molecular formula is C11H18O3. The molecule has 2 atom stereocenters. The minimum atomic E-state index is -0.469. The fourth-order valence-corrected chi connectivity index (χ4v) is 2.60. The van der Waals surface area contributed by atoms with Crippen molar-refractivity contribution in [2.24, 2.45) is 5.92 Å². The summed E-state index contributed by atoms with van der Waals surface area (Å²) >= 11 is 0. The van der Waals surface area contributed by atoms with E-state index >= 15 is 0 Å². The summed E-state index contributed by atoms with van der Waals surface area (Å²) in [6, 6.07) is 0. The number of aliphatic hydroxyl groups is 1. The van der Waals surface area contributed by atoms with Crippen LogP contribution < -0.4 is 0 Å². The van der Waals surface area contributed by atoms with E-state index in [1.165, 1.54) is 19.3 Å². The second-order valence-electron chi connectivity index (χ2n) is 4.52. The van der Waals surface area contributed by atoms with Crippen molar-refractivity contribution in [1.29, 1.82) is 0 Å². The van der Waals surface area contributed by atoms with Gasteiger partial charge in [-0.15, -0.1) is 0 Å². The number of aliphatic hydroxyl groups excluding tert-OH is 1. The molecule has 0 spiro atoms. The molecule has 0 aromatic rings. The standard InChI is InChI=1S/C11H18O3/c12-9-6-10(14-11(13)7-9)8-4-2-1-3-5-8/h8-10,12H,1-7H2/t9-,10+/m0/s1. The molecule has 3 nitrogen and oxygen atoms in total. The summed E-state index contributed by atoms with van der Waals surface area (Å²) in [7, 11) is 0. The Hall–Kier alpha value is -0.570. The van der Waals surface area contributed by atoms with Gasteiger partial charge in [-0.2, -0.15) is 0 Å². The molecule has 1 heterocycles. The van der Waals surface area contributed by atoms with E-state index in [4.69, 9.17) is 4.74 Å². The third kappa shape index (κ3) is 2.27.